The molecule has 2 saturated heterocycles. The summed E-state index contributed by atoms with van der Waals surface area (Å²) in [5.41, 5.74) is -1.31. The average Bonchev–Trinajstić information content (AvgIpc) is 3.89. The summed E-state index contributed by atoms with van der Waals surface area (Å²) in [6.07, 6.45) is 3.45. The average molecular weight is 925 g/mol. The van der Waals surface area contributed by atoms with Crippen molar-refractivity contribution in [3.8, 4) is 0 Å². The van der Waals surface area contributed by atoms with Gasteiger partial charge in [-0.05, 0) is 44.7 Å². The number of aromatic nitrogens is 4. The predicted octanol–water partition coefficient (Wildman–Crippen LogP) is 5.73. The summed E-state index contributed by atoms with van der Waals surface area (Å²) < 4.78 is 32.1. The number of nitrogens with one attached hydrogen (secondary N) is 2. The Balaban J connectivity index is 1.26. The van der Waals surface area contributed by atoms with Crippen molar-refractivity contribution < 1.29 is 18.3 Å². The van der Waals surface area contributed by atoms with E-state index in [9.17, 15) is 19.2 Å². The number of nitrogens with zero attached hydrogens (tertiary/aromatic N) is 2. The number of hydrogen-bond acceptors (Lipinski definition) is 8. The molecule has 344 valence electrons. The summed E-state index contributed by atoms with van der Waals surface area (Å²) >= 11 is 0. The van der Waals surface area contributed by atoms with Crippen LogP contribution in [0.5, 0.6) is 0 Å². The Morgan fingerprint density at radius 2 is 0.803 bits per heavy atom. The van der Waals surface area contributed by atoms with E-state index in [1.165, 1.54) is 9.13 Å². The molecule has 2 fully saturated rings. The Bertz CT molecular complexity index is 2630. The van der Waals surface area contributed by atoms with E-state index in [1.54, 1.807) is 26.2 Å². The fraction of sp³-hybridized carbons (Fsp3) is 0.346. The van der Waals surface area contributed by atoms with E-state index in [0.29, 0.717) is 24.0 Å². The first kappa shape index (κ1) is 46.8. The highest BCUT2D eigenvalue weighted by Crippen LogP contribution is 2.44. The van der Waals surface area contributed by atoms with Gasteiger partial charge in [0, 0.05) is 36.4 Å². The quantitative estimate of drug-likeness (QED) is 0.117. The molecule has 0 unspecified atom stereocenters. The molecule has 8 rings (SSSR count). The molecule has 6 atom stereocenters. The van der Waals surface area contributed by atoms with Crippen molar-refractivity contribution >= 4 is 37.4 Å². The van der Waals surface area contributed by atoms with Crippen LogP contribution in [-0.4, -0.2) is 60.2 Å². The Kier molecular flexibility index (Phi) is 13.1. The van der Waals surface area contributed by atoms with Crippen LogP contribution in [0.3, 0.4) is 0 Å². The van der Waals surface area contributed by atoms with Crippen molar-refractivity contribution in [1.29, 1.82) is 0 Å². The molecule has 12 nitrogen and oxygen atoms in total. The van der Waals surface area contributed by atoms with E-state index in [0.717, 1.165) is 20.7 Å². The molecule has 0 amide bonds. The Hall–Kier alpha value is -5.75. The second-order valence-electron chi connectivity index (χ2n) is 19.6. The van der Waals surface area contributed by atoms with E-state index in [-0.39, 0.29) is 10.1 Å². The first-order valence-electron chi connectivity index (χ1n) is 22.6. The maximum atomic E-state index is 13.5. The van der Waals surface area contributed by atoms with Crippen LogP contribution in [-0.2, 0) is 18.3 Å². The third kappa shape index (κ3) is 8.81. The van der Waals surface area contributed by atoms with E-state index in [2.05, 4.69) is 100 Å². The lowest BCUT2D eigenvalue weighted by molar-refractivity contribution is -0.00159. The molecule has 66 heavy (non-hydrogen) atoms. The number of ether oxygens (including phenoxy) is 2. The van der Waals surface area contributed by atoms with Gasteiger partial charge in [0.1, 0.15) is 24.7 Å². The summed E-state index contributed by atoms with van der Waals surface area (Å²) in [5, 5.41) is 3.63. The Labute approximate surface area is 387 Å². The zero-order chi connectivity index (χ0) is 47.0. The summed E-state index contributed by atoms with van der Waals surface area (Å²) in [6, 6.07) is 41.4. The van der Waals surface area contributed by atoms with Crippen LogP contribution < -0.4 is 43.2 Å². The smallest absolute Gasteiger partial charge is 0.330 e. The van der Waals surface area contributed by atoms with Crippen molar-refractivity contribution in [3.05, 3.63) is 199 Å². The van der Waals surface area contributed by atoms with E-state index in [4.69, 9.17) is 18.3 Å². The molecule has 2 aromatic heterocycles. The van der Waals surface area contributed by atoms with Gasteiger partial charge in [0.05, 0.1) is 12.2 Å². The number of hydrogen-bond donors (Lipinski definition) is 2. The number of H-pyrrole nitrogens is 2. The molecule has 0 spiro atoms. The third-order valence-electron chi connectivity index (χ3n) is 13.1. The fourth-order valence-corrected chi connectivity index (χ4v) is 19.3. The zero-order valence-corrected chi connectivity index (χ0v) is 40.9. The molecule has 0 aliphatic carbocycles. The van der Waals surface area contributed by atoms with Crippen LogP contribution in [0.25, 0.3) is 0 Å². The largest absolute Gasteiger partial charge is 0.401 e. The lowest BCUT2D eigenvalue weighted by Crippen LogP contribution is -2.68. The van der Waals surface area contributed by atoms with Gasteiger partial charge >= 0.3 is 11.4 Å². The fourth-order valence-electron chi connectivity index (χ4n) is 9.90. The van der Waals surface area contributed by atoms with E-state index >= 15 is 0 Å². The van der Waals surface area contributed by atoms with Crippen LogP contribution in [0.1, 0.15) is 78.0 Å². The van der Waals surface area contributed by atoms with Gasteiger partial charge < -0.3 is 18.3 Å². The molecule has 0 saturated carbocycles. The van der Waals surface area contributed by atoms with Crippen LogP contribution in [0.2, 0.25) is 10.1 Å². The normalized spacial score (nSPS) is 21.7. The maximum absolute atomic E-state index is 13.5. The van der Waals surface area contributed by atoms with Gasteiger partial charge in [-0.15, -0.1) is 0 Å². The van der Waals surface area contributed by atoms with Gasteiger partial charge in [-0.2, -0.15) is 0 Å². The molecule has 6 aromatic rings. The molecular weight excluding hydrogens is 865 g/mol. The van der Waals surface area contributed by atoms with Gasteiger partial charge in [0.15, 0.2) is 0 Å². The highest BCUT2D eigenvalue weighted by Gasteiger charge is 2.55. The minimum Gasteiger partial charge on any atom is -0.401 e. The van der Waals surface area contributed by atoms with Crippen molar-refractivity contribution in [2.75, 3.05) is 0 Å². The first-order valence-corrected chi connectivity index (χ1v) is 26.5. The summed E-state index contributed by atoms with van der Waals surface area (Å²) in [5.74, 6) is 0. The maximum Gasteiger partial charge on any atom is 0.330 e. The molecule has 14 heteroatoms. The molecule has 4 aromatic carbocycles. The van der Waals surface area contributed by atoms with Crippen molar-refractivity contribution in [1.82, 2.24) is 19.1 Å². The third-order valence-corrected chi connectivity index (χ3v) is 23.2. The van der Waals surface area contributed by atoms with Gasteiger partial charge in [0.25, 0.3) is 27.8 Å². The lowest BCUT2D eigenvalue weighted by atomic mass is 10.1. The molecule has 2 aliphatic rings. The minimum atomic E-state index is -3.17. The number of benzene rings is 4. The minimum absolute atomic E-state index is 0.299. The Morgan fingerprint density at radius 1 is 0.515 bits per heavy atom. The van der Waals surface area contributed by atoms with Gasteiger partial charge in [0.2, 0.25) is 0 Å². The van der Waals surface area contributed by atoms with Crippen molar-refractivity contribution in [2.24, 2.45) is 0 Å². The second-order valence-corrected chi connectivity index (χ2v) is 28.1. The Morgan fingerprint density at radius 3 is 1.08 bits per heavy atom. The van der Waals surface area contributed by atoms with Gasteiger partial charge in [-0.3, -0.25) is 28.7 Å². The predicted molar refractivity (Wildman–Crippen MR) is 263 cm³/mol. The standard InChI is InChI=1S/C52H60N4O8Si2/c1-35-33-55(49(59)53-47(35)57)45-31-43(63-65(51(3,4)5,37-21-13-9-14-22-37)38-23-15-10-16-24-38)41(61-45)29-30-42-44(32-46(62-42)56-34-36(2)48(58)54-50(56)60)64-66(52(6,7)8,39-25-17-11-18-26-39)40-27-19-12-20-28-40/h9-30,33-34,41-46H,31-32H2,1-8H3,(H,53,57,59)(H,54,58,60)/b30-29+/t41-,42-,43+,44+,45-,46-/m1/s1. The van der Waals surface area contributed by atoms with Crippen LogP contribution in [0, 0.1) is 13.8 Å². The molecule has 4 heterocycles. The first-order chi connectivity index (χ1) is 31.4. The highest BCUT2D eigenvalue weighted by molar-refractivity contribution is 7.00. The number of aromatic amines is 2. The number of aryl methyl sites for hydroxylation is 2. The molecule has 2 N–H and O–H groups in total. The van der Waals surface area contributed by atoms with E-state index in [1.807, 2.05) is 84.9 Å². The highest BCUT2D eigenvalue weighted by atomic mass is 28.4. The summed E-state index contributed by atoms with van der Waals surface area (Å²) in [6.45, 7) is 16.6. The molecule has 0 bridgehead atoms. The topological polar surface area (TPSA) is 147 Å². The van der Waals surface area contributed by atoms with Crippen LogP contribution in [0.4, 0.5) is 0 Å². The van der Waals surface area contributed by atoms with Crippen molar-refractivity contribution in [3.63, 3.8) is 0 Å². The van der Waals surface area contributed by atoms with Crippen LogP contribution >= 0.6 is 0 Å². The van der Waals surface area contributed by atoms with E-state index < -0.39 is 76.0 Å². The molecule has 2 aliphatic heterocycles. The van der Waals surface area contributed by atoms with Gasteiger partial charge in [-0.1, -0.05) is 175 Å². The van der Waals surface area contributed by atoms with Crippen molar-refractivity contribution in [2.45, 2.75) is 115 Å². The summed E-state index contributed by atoms with van der Waals surface area (Å²) in [4.78, 5) is 57.0. The lowest BCUT2D eigenvalue weighted by Gasteiger charge is -2.45. The monoisotopic (exact) mass is 924 g/mol. The molecule has 0 radical (unpaired) electrons. The summed E-state index contributed by atoms with van der Waals surface area (Å²) in [7, 11) is -6.34. The van der Waals surface area contributed by atoms with Crippen LogP contribution in [0.15, 0.2) is 165 Å². The van der Waals surface area contributed by atoms with Gasteiger partial charge in [-0.25, -0.2) is 9.59 Å². The molecular formula is C52H60N4O8Si2. The SMILES string of the molecule is Cc1cn([C@H]2C[C@H](O[Si](c3ccccc3)(c3ccccc3)C(C)(C)C)[C@@H](/C=C/[C@H]3O[C@@H](n4cc(C)c(=O)[nH]c4=O)C[C@@H]3O[Si](c3ccccc3)(c3ccccc3)C(C)(C)C)O2)c(=O)[nH]c1=O. The zero-order valence-electron chi connectivity index (χ0n) is 38.9. The number of rotatable bonds is 12. The second kappa shape index (κ2) is 18.5.